The molecule has 0 fully saturated rings. The molecule has 2 heterocycles. The van der Waals surface area contributed by atoms with Crippen LogP contribution < -0.4 is 4.74 Å². The van der Waals surface area contributed by atoms with E-state index in [1.807, 2.05) is 42.5 Å². The second-order valence-electron chi connectivity index (χ2n) is 3.62. The number of fused-ring (bicyclic) bond motifs is 1. The van der Waals surface area contributed by atoms with Crippen molar-refractivity contribution in [2.45, 2.75) is 6.61 Å². The van der Waals surface area contributed by atoms with E-state index < -0.39 is 0 Å². The van der Waals surface area contributed by atoms with Crippen molar-refractivity contribution in [3.05, 3.63) is 54.2 Å². The number of pyridine rings is 1. The molecule has 1 aromatic carbocycles. The lowest BCUT2D eigenvalue weighted by molar-refractivity contribution is 0.306. The number of ether oxygens (including phenoxy) is 1. The Morgan fingerprint density at radius 1 is 1.12 bits per heavy atom. The predicted octanol–water partition coefficient (Wildman–Crippen LogP) is 1.70. The van der Waals surface area contributed by atoms with Crippen LogP contribution in [0.15, 0.2) is 48.7 Å². The lowest BCUT2D eigenvalue weighted by atomic mass is 10.2. The number of nitrogens with zero attached hydrogens (tertiary/aromatic N) is 4. The highest BCUT2D eigenvalue weighted by Crippen LogP contribution is 2.13. The zero-order valence-electron chi connectivity index (χ0n) is 9.02. The Labute approximate surface area is 97.6 Å². The van der Waals surface area contributed by atoms with Crippen LogP contribution in [0, 0.1) is 0 Å². The smallest absolute Gasteiger partial charge is 0.182 e. The van der Waals surface area contributed by atoms with Crippen molar-refractivity contribution in [3.63, 3.8) is 0 Å². The van der Waals surface area contributed by atoms with Crippen LogP contribution >= 0.6 is 0 Å². The van der Waals surface area contributed by atoms with Crippen molar-refractivity contribution < 1.29 is 4.74 Å². The molecule has 0 unspecified atom stereocenters. The maximum Gasteiger partial charge on any atom is 0.182 e. The lowest BCUT2D eigenvalue weighted by Crippen LogP contribution is -1.96. The molecule has 84 valence electrons. The zero-order chi connectivity index (χ0) is 11.5. The van der Waals surface area contributed by atoms with Crippen LogP contribution in [0.1, 0.15) is 5.56 Å². The SMILES string of the molecule is c1ccc(COc2ccn3nnnc3c2)cc1. The van der Waals surface area contributed by atoms with E-state index in [0.717, 1.165) is 11.3 Å². The Balaban J connectivity index is 1.76. The molecule has 17 heavy (non-hydrogen) atoms. The highest BCUT2D eigenvalue weighted by atomic mass is 16.5. The van der Waals surface area contributed by atoms with Crippen molar-refractivity contribution in [1.82, 2.24) is 20.0 Å². The molecular weight excluding hydrogens is 216 g/mol. The van der Waals surface area contributed by atoms with Crippen molar-refractivity contribution in [3.8, 4) is 5.75 Å². The summed E-state index contributed by atoms with van der Waals surface area (Å²) in [4.78, 5) is 0. The van der Waals surface area contributed by atoms with Gasteiger partial charge in [0.15, 0.2) is 5.65 Å². The van der Waals surface area contributed by atoms with Crippen molar-refractivity contribution in [1.29, 1.82) is 0 Å². The van der Waals surface area contributed by atoms with Gasteiger partial charge in [0.05, 0.1) is 0 Å². The normalized spacial score (nSPS) is 10.6. The standard InChI is InChI=1S/C12H10N4O/c1-2-4-10(5-3-1)9-17-11-6-7-16-12(8-11)13-14-15-16/h1-8H,9H2. The van der Waals surface area contributed by atoms with Gasteiger partial charge < -0.3 is 4.74 Å². The first-order valence-corrected chi connectivity index (χ1v) is 5.26. The highest BCUT2D eigenvalue weighted by molar-refractivity contribution is 5.41. The van der Waals surface area contributed by atoms with Gasteiger partial charge in [0.25, 0.3) is 0 Å². The van der Waals surface area contributed by atoms with Gasteiger partial charge in [-0.1, -0.05) is 30.3 Å². The van der Waals surface area contributed by atoms with E-state index in [0.29, 0.717) is 12.3 Å². The number of rotatable bonds is 3. The Morgan fingerprint density at radius 2 is 2.00 bits per heavy atom. The zero-order valence-corrected chi connectivity index (χ0v) is 9.02. The predicted molar refractivity (Wildman–Crippen MR) is 61.6 cm³/mol. The molecule has 0 aliphatic rings. The summed E-state index contributed by atoms with van der Waals surface area (Å²) >= 11 is 0. The molecule has 0 aliphatic carbocycles. The average Bonchev–Trinajstić information content (AvgIpc) is 2.85. The average molecular weight is 226 g/mol. The number of tetrazole rings is 1. The molecule has 5 heteroatoms. The molecular formula is C12H10N4O. The van der Waals surface area contributed by atoms with E-state index in [9.17, 15) is 0 Å². The largest absolute Gasteiger partial charge is 0.489 e. The maximum atomic E-state index is 5.66. The van der Waals surface area contributed by atoms with Crippen LogP contribution in [0.5, 0.6) is 5.75 Å². The molecule has 0 N–H and O–H groups in total. The summed E-state index contributed by atoms with van der Waals surface area (Å²) in [5.41, 5.74) is 1.81. The lowest BCUT2D eigenvalue weighted by Gasteiger charge is -2.05. The summed E-state index contributed by atoms with van der Waals surface area (Å²) in [5.74, 6) is 0.760. The number of benzene rings is 1. The van der Waals surface area contributed by atoms with E-state index in [4.69, 9.17) is 4.74 Å². The van der Waals surface area contributed by atoms with Gasteiger partial charge in [-0.05, 0) is 22.1 Å². The Bertz CT molecular complexity index is 620. The van der Waals surface area contributed by atoms with Gasteiger partial charge in [0.2, 0.25) is 0 Å². The summed E-state index contributed by atoms with van der Waals surface area (Å²) < 4.78 is 7.25. The molecule has 3 rings (SSSR count). The minimum atomic E-state index is 0.540. The third-order valence-electron chi connectivity index (χ3n) is 2.42. The molecule has 0 radical (unpaired) electrons. The van der Waals surface area contributed by atoms with E-state index >= 15 is 0 Å². The summed E-state index contributed by atoms with van der Waals surface area (Å²) in [7, 11) is 0. The van der Waals surface area contributed by atoms with Crippen molar-refractivity contribution in [2.24, 2.45) is 0 Å². The van der Waals surface area contributed by atoms with Gasteiger partial charge in [0.1, 0.15) is 12.4 Å². The molecule has 0 saturated carbocycles. The molecule has 2 aromatic heterocycles. The molecule has 0 bridgehead atoms. The Kier molecular flexibility index (Phi) is 2.42. The van der Waals surface area contributed by atoms with Crippen LogP contribution in [-0.4, -0.2) is 20.0 Å². The topological polar surface area (TPSA) is 52.3 Å². The Hall–Kier alpha value is -2.43. The number of hydrogen-bond donors (Lipinski definition) is 0. The van der Waals surface area contributed by atoms with Crippen LogP contribution in [0.4, 0.5) is 0 Å². The van der Waals surface area contributed by atoms with Crippen molar-refractivity contribution >= 4 is 5.65 Å². The van der Waals surface area contributed by atoms with Gasteiger partial charge in [-0.3, -0.25) is 0 Å². The van der Waals surface area contributed by atoms with Crippen molar-refractivity contribution in [2.75, 3.05) is 0 Å². The van der Waals surface area contributed by atoms with Crippen LogP contribution in [0.3, 0.4) is 0 Å². The van der Waals surface area contributed by atoms with Gasteiger partial charge >= 0.3 is 0 Å². The third-order valence-corrected chi connectivity index (χ3v) is 2.42. The summed E-state index contributed by atoms with van der Waals surface area (Å²) in [6, 6.07) is 13.7. The second-order valence-corrected chi connectivity index (χ2v) is 3.62. The molecule has 0 amide bonds. The van der Waals surface area contributed by atoms with E-state index in [2.05, 4.69) is 15.5 Å². The first-order chi connectivity index (χ1) is 8.42. The fourth-order valence-electron chi connectivity index (χ4n) is 1.55. The van der Waals surface area contributed by atoms with Crippen LogP contribution in [-0.2, 0) is 6.61 Å². The third kappa shape index (κ3) is 2.08. The van der Waals surface area contributed by atoms with Crippen LogP contribution in [0.2, 0.25) is 0 Å². The molecule has 5 nitrogen and oxygen atoms in total. The summed E-state index contributed by atoms with van der Waals surface area (Å²) in [5, 5.41) is 11.2. The monoisotopic (exact) mass is 226 g/mol. The van der Waals surface area contributed by atoms with Gasteiger partial charge in [-0.25, -0.2) is 4.52 Å². The van der Waals surface area contributed by atoms with Crippen LogP contribution in [0.25, 0.3) is 5.65 Å². The number of hydrogen-bond acceptors (Lipinski definition) is 4. The summed E-state index contributed by atoms with van der Waals surface area (Å²) in [6.07, 6.45) is 1.77. The summed E-state index contributed by atoms with van der Waals surface area (Å²) in [6.45, 7) is 0.540. The minimum Gasteiger partial charge on any atom is -0.489 e. The molecule has 0 spiro atoms. The van der Waals surface area contributed by atoms with Gasteiger partial charge in [0, 0.05) is 12.3 Å². The fourth-order valence-corrected chi connectivity index (χ4v) is 1.55. The Morgan fingerprint density at radius 3 is 2.88 bits per heavy atom. The second kappa shape index (κ2) is 4.21. The molecule has 0 aliphatic heterocycles. The molecule has 0 atom stereocenters. The van der Waals surface area contributed by atoms with E-state index in [1.165, 1.54) is 0 Å². The maximum absolute atomic E-state index is 5.66. The quantitative estimate of drug-likeness (QED) is 0.682. The van der Waals surface area contributed by atoms with E-state index in [-0.39, 0.29) is 0 Å². The molecule has 3 aromatic rings. The first-order valence-electron chi connectivity index (χ1n) is 5.26. The minimum absolute atomic E-state index is 0.540. The van der Waals surface area contributed by atoms with Gasteiger partial charge in [-0.2, -0.15) is 0 Å². The highest BCUT2D eigenvalue weighted by Gasteiger charge is 2.00. The van der Waals surface area contributed by atoms with Gasteiger partial charge in [-0.15, -0.1) is 5.10 Å². The fraction of sp³-hybridized carbons (Fsp3) is 0.0833. The first kappa shape index (κ1) is 9.77. The number of aromatic nitrogens is 4. The molecule has 0 saturated heterocycles. The van der Waals surface area contributed by atoms with E-state index in [1.54, 1.807) is 10.7 Å².